The van der Waals surface area contributed by atoms with Gasteiger partial charge in [0.1, 0.15) is 11.8 Å². The second kappa shape index (κ2) is 11.5. The number of rotatable bonds is 11. The van der Waals surface area contributed by atoms with Crippen LogP contribution in [0.2, 0.25) is 0 Å². The second-order valence-corrected chi connectivity index (χ2v) is 5.53. The number of aliphatic carboxylic acids is 1. The van der Waals surface area contributed by atoms with Gasteiger partial charge < -0.3 is 21.3 Å². The molecule has 0 radical (unpaired) electrons. The summed E-state index contributed by atoms with van der Waals surface area (Å²) in [5, 5.41) is 9.21. The fourth-order valence-electron chi connectivity index (χ4n) is 2.24. The highest BCUT2D eigenvalue weighted by Crippen LogP contribution is 2.22. The molecule has 0 bridgehead atoms. The lowest BCUT2D eigenvalue weighted by Gasteiger charge is -2.07. The van der Waals surface area contributed by atoms with Crippen molar-refractivity contribution in [1.29, 1.82) is 0 Å². The maximum absolute atomic E-state index is 11.2. The van der Waals surface area contributed by atoms with Crippen LogP contribution in [-0.2, 0) is 11.2 Å². The van der Waals surface area contributed by atoms with Gasteiger partial charge in [-0.1, -0.05) is 18.2 Å². The third-order valence-corrected chi connectivity index (χ3v) is 3.52. The molecule has 0 spiro atoms. The summed E-state index contributed by atoms with van der Waals surface area (Å²) < 4.78 is 5.38. The molecule has 7 heteroatoms. The first-order chi connectivity index (χ1) is 12.5. The molecule has 26 heavy (non-hydrogen) atoms. The summed E-state index contributed by atoms with van der Waals surface area (Å²) in [4.78, 5) is 19.1. The van der Waals surface area contributed by atoms with Crippen molar-refractivity contribution >= 4 is 24.2 Å². The number of aliphatic imine (C=N–C) groups is 2. The topological polar surface area (TPSA) is 123 Å². The van der Waals surface area contributed by atoms with E-state index in [4.69, 9.17) is 16.2 Å². The van der Waals surface area contributed by atoms with Crippen molar-refractivity contribution in [2.75, 3.05) is 13.7 Å². The Labute approximate surface area is 153 Å². The van der Waals surface area contributed by atoms with Gasteiger partial charge in [-0.15, -0.1) is 6.58 Å². The Balaban J connectivity index is 2.70. The smallest absolute Gasteiger partial charge is 0.328 e. The molecule has 0 aromatic heterocycles. The molecule has 0 fully saturated rings. The van der Waals surface area contributed by atoms with Crippen LogP contribution in [-0.4, -0.2) is 42.9 Å². The van der Waals surface area contributed by atoms with E-state index in [0.717, 1.165) is 23.3 Å². The Kier molecular flexibility index (Phi) is 9.24. The van der Waals surface area contributed by atoms with Gasteiger partial charge in [0.15, 0.2) is 5.96 Å². The average molecular weight is 358 g/mol. The fourth-order valence-corrected chi connectivity index (χ4v) is 2.24. The molecule has 0 amide bonds. The normalized spacial score (nSPS) is 12.2. The highest BCUT2D eigenvalue weighted by molar-refractivity contribution is 5.82. The lowest BCUT2D eigenvalue weighted by molar-refractivity contribution is -0.138. The van der Waals surface area contributed by atoms with Gasteiger partial charge in [-0.25, -0.2) is 4.79 Å². The highest BCUT2D eigenvalue weighted by atomic mass is 16.5. The zero-order valence-corrected chi connectivity index (χ0v) is 15.0. The molecule has 0 aliphatic rings. The third kappa shape index (κ3) is 7.65. The lowest BCUT2D eigenvalue weighted by atomic mass is 10.1. The van der Waals surface area contributed by atoms with Crippen molar-refractivity contribution in [2.45, 2.75) is 25.3 Å². The minimum atomic E-state index is -0.981. The monoisotopic (exact) mass is 358 g/mol. The van der Waals surface area contributed by atoms with Crippen molar-refractivity contribution in [1.82, 2.24) is 0 Å². The molecule has 0 saturated carbocycles. The third-order valence-electron chi connectivity index (χ3n) is 3.52. The van der Waals surface area contributed by atoms with Crippen LogP contribution in [0.5, 0.6) is 5.75 Å². The zero-order valence-electron chi connectivity index (χ0n) is 15.0. The Hall–Kier alpha value is -3.09. The number of carbonyl (C=O) groups is 1. The Morgan fingerprint density at radius 2 is 2.19 bits per heavy atom. The number of hydrogen-bond donors (Lipinski definition) is 3. The van der Waals surface area contributed by atoms with Crippen molar-refractivity contribution in [3.8, 4) is 5.75 Å². The van der Waals surface area contributed by atoms with Crippen molar-refractivity contribution < 1.29 is 14.6 Å². The first-order valence-electron chi connectivity index (χ1n) is 8.23. The van der Waals surface area contributed by atoms with Crippen molar-refractivity contribution in [3.05, 3.63) is 48.1 Å². The molecule has 140 valence electrons. The number of allylic oxidation sites excluding steroid dienone is 2. The summed E-state index contributed by atoms with van der Waals surface area (Å²) in [6, 6.07) is 5.05. The number of carboxylic acids is 1. The van der Waals surface area contributed by atoms with E-state index in [0.29, 0.717) is 19.4 Å². The number of hydrogen-bond acceptors (Lipinski definition) is 4. The molecule has 0 saturated heterocycles. The van der Waals surface area contributed by atoms with Crippen LogP contribution in [0.4, 0.5) is 0 Å². The zero-order chi connectivity index (χ0) is 19.4. The number of nitrogens with zero attached hydrogens (tertiary/aromatic N) is 2. The number of methoxy groups -OCH3 is 1. The highest BCUT2D eigenvalue weighted by Gasteiger charge is 2.14. The molecule has 1 atom stereocenters. The van der Waals surface area contributed by atoms with E-state index in [-0.39, 0.29) is 5.96 Å². The van der Waals surface area contributed by atoms with E-state index in [1.807, 2.05) is 30.4 Å². The van der Waals surface area contributed by atoms with Crippen LogP contribution in [0.15, 0.2) is 46.9 Å². The summed E-state index contributed by atoms with van der Waals surface area (Å²) in [6.07, 6.45) is 8.48. The van der Waals surface area contributed by atoms with Gasteiger partial charge in [-0.05, 0) is 43.0 Å². The van der Waals surface area contributed by atoms with E-state index in [2.05, 4.69) is 16.6 Å². The van der Waals surface area contributed by atoms with E-state index < -0.39 is 12.0 Å². The van der Waals surface area contributed by atoms with Crippen LogP contribution in [0.3, 0.4) is 0 Å². The predicted molar refractivity (Wildman–Crippen MR) is 106 cm³/mol. The second-order valence-electron chi connectivity index (χ2n) is 5.53. The molecule has 0 heterocycles. The van der Waals surface area contributed by atoms with Gasteiger partial charge in [0, 0.05) is 18.3 Å². The maximum Gasteiger partial charge on any atom is 0.328 e. The Morgan fingerprint density at radius 3 is 2.81 bits per heavy atom. The van der Waals surface area contributed by atoms with Gasteiger partial charge in [0.2, 0.25) is 0 Å². The quantitative estimate of drug-likeness (QED) is 0.242. The van der Waals surface area contributed by atoms with Crippen LogP contribution in [0, 0.1) is 0 Å². The molecule has 0 aliphatic carbocycles. The summed E-state index contributed by atoms with van der Waals surface area (Å²) in [7, 11) is 1.61. The first-order valence-corrected chi connectivity index (χ1v) is 8.23. The van der Waals surface area contributed by atoms with E-state index in [9.17, 15) is 9.90 Å². The molecule has 1 aromatic rings. The molecule has 5 N–H and O–H groups in total. The Bertz CT molecular complexity index is 692. The van der Waals surface area contributed by atoms with E-state index >= 15 is 0 Å². The molecule has 1 aromatic carbocycles. The van der Waals surface area contributed by atoms with Gasteiger partial charge in [-0.3, -0.25) is 9.98 Å². The lowest BCUT2D eigenvalue weighted by Crippen LogP contribution is -2.23. The summed E-state index contributed by atoms with van der Waals surface area (Å²) in [6.45, 7) is 4.10. The van der Waals surface area contributed by atoms with E-state index in [1.165, 1.54) is 6.21 Å². The SMILES string of the molecule is C=CCc1ccc(/C=C/C=N[C@@H](CCCN=C(N)N)C(=O)O)c(OC)c1. The standard InChI is InChI=1S/C19H26N4O3/c1-3-6-14-9-10-15(17(13-14)26-2)7-4-11-22-16(18(24)25)8-5-12-23-19(20)21/h3-4,7,9-11,13,16H,1,5-6,8,12H2,2H3,(H,24,25)(H4,20,21,23)/b7-4+,22-11?/t16-/m0/s1. The van der Waals surface area contributed by atoms with E-state index in [1.54, 1.807) is 13.2 Å². The Morgan fingerprint density at radius 1 is 1.42 bits per heavy atom. The first kappa shape index (κ1) is 21.0. The molecule has 1 rings (SSSR count). The van der Waals surface area contributed by atoms with Crippen molar-refractivity contribution in [2.24, 2.45) is 21.5 Å². The molecular weight excluding hydrogens is 332 g/mol. The van der Waals surface area contributed by atoms with Crippen LogP contribution in [0.1, 0.15) is 24.0 Å². The average Bonchev–Trinajstić information content (AvgIpc) is 2.60. The number of nitrogens with two attached hydrogens (primary N) is 2. The number of guanidine groups is 1. The van der Waals surface area contributed by atoms with Crippen LogP contribution in [0.25, 0.3) is 6.08 Å². The predicted octanol–water partition coefficient (Wildman–Crippen LogP) is 2.01. The maximum atomic E-state index is 11.2. The van der Waals surface area contributed by atoms with Gasteiger partial charge in [0.05, 0.1) is 7.11 Å². The molecule has 0 aliphatic heterocycles. The fraction of sp³-hybridized carbons (Fsp3) is 0.316. The minimum Gasteiger partial charge on any atom is -0.496 e. The number of carboxylic acid groups (broad SMARTS) is 1. The van der Waals surface area contributed by atoms with Crippen molar-refractivity contribution in [3.63, 3.8) is 0 Å². The van der Waals surface area contributed by atoms with Gasteiger partial charge in [0.25, 0.3) is 0 Å². The summed E-state index contributed by atoms with van der Waals surface area (Å²) >= 11 is 0. The summed E-state index contributed by atoms with van der Waals surface area (Å²) in [5.41, 5.74) is 12.4. The number of ether oxygens (including phenoxy) is 1. The molecule has 7 nitrogen and oxygen atoms in total. The van der Waals surface area contributed by atoms with Gasteiger partial charge >= 0.3 is 5.97 Å². The minimum absolute atomic E-state index is 0.00337. The van der Waals surface area contributed by atoms with Gasteiger partial charge in [-0.2, -0.15) is 0 Å². The molecular formula is C19H26N4O3. The van der Waals surface area contributed by atoms with Crippen LogP contribution < -0.4 is 16.2 Å². The molecule has 0 unspecified atom stereocenters. The summed E-state index contributed by atoms with van der Waals surface area (Å²) in [5.74, 6) is -0.247. The van der Waals surface area contributed by atoms with Crippen LogP contribution >= 0.6 is 0 Å². The largest absolute Gasteiger partial charge is 0.496 e. The number of benzene rings is 1.